The van der Waals surface area contributed by atoms with Crippen LogP contribution in [-0.2, 0) is 38.1 Å². The number of nitrogens with two attached hydrogens (primary N) is 1. The van der Waals surface area contributed by atoms with Gasteiger partial charge in [0, 0.05) is 46.0 Å². The van der Waals surface area contributed by atoms with Crippen molar-refractivity contribution in [3.05, 3.63) is 11.4 Å². The summed E-state index contributed by atoms with van der Waals surface area (Å²) in [5.74, 6) is -0.724. The number of carbonyl (C=O) groups excluding carboxylic acids is 4. The zero-order valence-electron chi connectivity index (χ0n) is 21.7. The minimum Gasteiger partial charge on any atom is -0.379 e. The monoisotopic (exact) mass is 527 g/mol. The van der Waals surface area contributed by atoms with E-state index < -0.39 is 12.2 Å². The Morgan fingerprint density at radius 2 is 1.65 bits per heavy atom. The minimum atomic E-state index is -0.794. The van der Waals surface area contributed by atoms with Crippen molar-refractivity contribution in [3.8, 4) is 0 Å². The fourth-order valence-electron chi connectivity index (χ4n) is 3.42. The van der Waals surface area contributed by atoms with Crippen molar-refractivity contribution in [1.82, 2.24) is 15.5 Å². The van der Waals surface area contributed by atoms with Gasteiger partial charge in [0.2, 0.25) is 17.7 Å². The zero-order valence-corrected chi connectivity index (χ0v) is 21.7. The first-order valence-electron chi connectivity index (χ1n) is 12.6. The summed E-state index contributed by atoms with van der Waals surface area (Å²) in [6, 6.07) is -0.794. The molecule has 37 heavy (non-hydrogen) atoms. The number of nitrogens with zero attached hydrogens (tertiary/aromatic N) is 2. The molecule has 210 valence electrons. The highest BCUT2D eigenvalue weighted by Crippen LogP contribution is 2.19. The summed E-state index contributed by atoms with van der Waals surface area (Å²) < 4.78 is 21.1. The highest BCUT2D eigenvalue weighted by molar-refractivity contribution is 5.83. The van der Waals surface area contributed by atoms with Gasteiger partial charge in [-0.15, -0.1) is 0 Å². The largest absolute Gasteiger partial charge is 0.379 e. The summed E-state index contributed by atoms with van der Waals surface area (Å²) in [5, 5.41) is 5.15. The quantitative estimate of drug-likeness (QED) is 0.129. The Hall–Kier alpha value is -2.63. The Morgan fingerprint density at radius 3 is 2.35 bits per heavy atom. The standard InChI is InChI=1S/C24H41N5O8/c1-26-21-6-3-10-29(21)24(33)20(25)7-8-22(31)28-9-12-35-14-15-36-17-19(30)5-4-11-34-13-16-37-18-23(32)27-2/h20-21H,3-18,25H2,2H3,(H,27,32)(H,28,31)/t20-,21-/m0/s1. The maximum absolute atomic E-state index is 12.3. The number of ether oxygens (including phenoxy) is 4. The molecule has 1 aliphatic rings. The van der Waals surface area contributed by atoms with Gasteiger partial charge in [0.15, 0.2) is 5.78 Å². The van der Waals surface area contributed by atoms with E-state index in [1.54, 1.807) is 0 Å². The fourth-order valence-corrected chi connectivity index (χ4v) is 3.42. The molecule has 0 radical (unpaired) electrons. The van der Waals surface area contributed by atoms with E-state index in [4.69, 9.17) is 31.3 Å². The van der Waals surface area contributed by atoms with Gasteiger partial charge < -0.3 is 35.3 Å². The molecule has 0 aromatic rings. The third kappa shape index (κ3) is 15.3. The lowest BCUT2D eigenvalue weighted by atomic mass is 10.1. The molecule has 1 heterocycles. The van der Waals surface area contributed by atoms with Crippen LogP contribution in [0.15, 0.2) is 0 Å². The van der Waals surface area contributed by atoms with Crippen LogP contribution in [-0.4, -0.2) is 114 Å². The Bertz CT molecular complexity index is 745. The second-order valence-corrected chi connectivity index (χ2v) is 8.42. The Balaban J connectivity index is 1.91. The molecule has 3 amide bonds. The summed E-state index contributed by atoms with van der Waals surface area (Å²) in [4.78, 5) is 52.0. The van der Waals surface area contributed by atoms with Crippen LogP contribution < -0.4 is 16.4 Å². The normalized spacial score (nSPS) is 15.7. The topological polar surface area (TPSA) is 163 Å². The van der Waals surface area contributed by atoms with E-state index in [-0.39, 0.29) is 56.2 Å². The number of hydrogen-bond acceptors (Lipinski definition) is 9. The van der Waals surface area contributed by atoms with E-state index in [1.807, 2.05) is 0 Å². The molecular formula is C24H41N5O8. The lowest BCUT2D eigenvalue weighted by molar-refractivity contribution is -0.133. The average molecular weight is 528 g/mol. The maximum atomic E-state index is 12.3. The molecule has 0 bridgehead atoms. The number of carbonyl (C=O) groups is 4. The van der Waals surface area contributed by atoms with Crippen molar-refractivity contribution in [2.45, 2.75) is 50.7 Å². The third-order valence-electron chi connectivity index (χ3n) is 5.48. The van der Waals surface area contributed by atoms with Crippen molar-refractivity contribution in [3.63, 3.8) is 0 Å². The molecule has 0 aliphatic carbocycles. The molecule has 0 aromatic heterocycles. The first-order chi connectivity index (χ1) is 17.9. The minimum absolute atomic E-state index is 0.00190. The molecule has 0 saturated carbocycles. The summed E-state index contributed by atoms with van der Waals surface area (Å²) in [6.45, 7) is 9.93. The van der Waals surface area contributed by atoms with Crippen molar-refractivity contribution in [2.24, 2.45) is 5.73 Å². The molecule has 1 saturated heterocycles. The number of Topliss-reactive ketones (excluding diaryl/α,β-unsaturated/α-hetero) is 1. The van der Waals surface area contributed by atoms with Crippen LogP contribution in [0.4, 0.5) is 0 Å². The maximum Gasteiger partial charge on any atom is 0.300 e. The van der Waals surface area contributed by atoms with Crippen molar-refractivity contribution in [2.75, 3.05) is 73.0 Å². The van der Waals surface area contributed by atoms with Gasteiger partial charge in [-0.3, -0.25) is 28.9 Å². The van der Waals surface area contributed by atoms with E-state index in [1.165, 1.54) is 11.9 Å². The molecule has 0 aromatic carbocycles. The van der Waals surface area contributed by atoms with Gasteiger partial charge in [-0.1, -0.05) is 0 Å². The van der Waals surface area contributed by atoms with E-state index in [0.717, 1.165) is 6.42 Å². The lowest BCUT2D eigenvalue weighted by Crippen LogP contribution is -2.45. The predicted octanol–water partition coefficient (Wildman–Crippen LogP) is -0.760. The fraction of sp³-hybridized carbons (Fsp3) is 0.792. The van der Waals surface area contributed by atoms with Gasteiger partial charge >= 0.3 is 6.17 Å². The van der Waals surface area contributed by atoms with E-state index >= 15 is 0 Å². The number of ketones is 1. The first kappa shape index (κ1) is 32.4. The highest BCUT2D eigenvalue weighted by atomic mass is 16.5. The molecule has 4 N–H and O–H groups in total. The second kappa shape index (κ2) is 20.4. The molecule has 0 unspecified atom stereocenters. The number of rotatable bonds is 21. The summed E-state index contributed by atoms with van der Waals surface area (Å²) >= 11 is 0. The van der Waals surface area contributed by atoms with Gasteiger partial charge in [-0.05, 0) is 19.3 Å². The lowest BCUT2D eigenvalue weighted by Gasteiger charge is -2.20. The number of nitrogens with one attached hydrogen (secondary N) is 2. The van der Waals surface area contributed by atoms with Gasteiger partial charge in [0.05, 0.1) is 39.1 Å². The number of likely N-dealkylation sites (tertiary alicyclic amines) is 1. The van der Waals surface area contributed by atoms with Gasteiger partial charge in [0.25, 0.3) is 0 Å². The summed E-state index contributed by atoms with van der Waals surface area (Å²) in [5.41, 5.74) is 5.92. The molecule has 0 spiro atoms. The second-order valence-electron chi connectivity index (χ2n) is 8.42. The van der Waals surface area contributed by atoms with E-state index in [2.05, 4.69) is 15.5 Å². The van der Waals surface area contributed by atoms with Crippen LogP contribution in [0.2, 0.25) is 0 Å². The van der Waals surface area contributed by atoms with Gasteiger partial charge in [-0.2, -0.15) is 0 Å². The first-order valence-corrected chi connectivity index (χ1v) is 12.6. The van der Waals surface area contributed by atoms with Crippen molar-refractivity contribution < 1.29 is 38.1 Å². The SMILES string of the molecule is [C-]#[N+][C@@H]1CCCN1C(=O)[C@@H](N)CCC(=O)NCCOCCOCC(=O)CCCOCCOCC(=O)NC. The number of hydrogen-bond donors (Lipinski definition) is 3. The van der Waals surface area contributed by atoms with Gasteiger partial charge in [-0.25, -0.2) is 6.57 Å². The highest BCUT2D eigenvalue weighted by Gasteiger charge is 2.35. The zero-order chi connectivity index (χ0) is 27.3. The Labute approximate surface area is 218 Å². The predicted molar refractivity (Wildman–Crippen MR) is 133 cm³/mol. The van der Waals surface area contributed by atoms with Crippen molar-refractivity contribution in [1.29, 1.82) is 0 Å². The van der Waals surface area contributed by atoms with Crippen LogP contribution in [0.1, 0.15) is 38.5 Å². The molecule has 1 rings (SSSR count). The van der Waals surface area contributed by atoms with Crippen LogP contribution in [0.25, 0.3) is 4.85 Å². The Morgan fingerprint density at radius 1 is 0.973 bits per heavy atom. The third-order valence-corrected chi connectivity index (χ3v) is 5.48. The van der Waals surface area contributed by atoms with E-state index in [0.29, 0.717) is 65.4 Å². The van der Waals surface area contributed by atoms with Crippen molar-refractivity contribution >= 4 is 23.5 Å². The number of likely N-dealkylation sites (N-methyl/N-ethyl adjacent to an activating group) is 1. The van der Waals surface area contributed by atoms with Crippen LogP contribution in [0.5, 0.6) is 0 Å². The van der Waals surface area contributed by atoms with E-state index in [9.17, 15) is 19.2 Å². The smallest absolute Gasteiger partial charge is 0.300 e. The molecule has 13 heteroatoms. The summed E-state index contributed by atoms with van der Waals surface area (Å²) in [7, 11) is 1.54. The van der Waals surface area contributed by atoms with Crippen LogP contribution in [0, 0.1) is 6.57 Å². The van der Waals surface area contributed by atoms with Crippen LogP contribution in [0.3, 0.4) is 0 Å². The molecule has 2 atom stereocenters. The number of amides is 3. The molecule has 1 fully saturated rings. The summed E-state index contributed by atoms with van der Waals surface area (Å²) in [6.07, 6.45) is 2.28. The average Bonchev–Trinajstić information content (AvgIpc) is 3.38. The Kier molecular flexibility index (Phi) is 17.9. The molecular weight excluding hydrogens is 486 g/mol. The van der Waals surface area contributed by atoms with Gasteiger partial charge in [0.1, 0.15) is 13.2 Å². The molecule has 1 aliphatic heterocycles. The van der Waals surface area contributed by atoms with Crippen LogP contribution >= 0.6 is 0 Å². The molecule has 13 nitrogen and oxygen atoms in total.